The number of nitrogens with zero attached hydrogens (tertiary/aromatic N) is 1. The van der Waals surface area contributed by atoms with Crippen molar-refractivity contribution in [2.75, 3.05) is 20.2 Å². The van der Waals surface area contributed by atoms with Gasteiger partial charge in [0.25, 0.3) is 0 Å². The van der Waals surface area contributed by atoms with Crippen molar-refractivity contribution >= 4 is 33.2 Å². The van der Waals surface area contributed by atoms with Crippen LogP contribution in [0.5, 0.6) is 5.75 Å². The maximum atomic E-state index is 12.7. The minimum atomic E-state index is -3.39. The highest BCUT2D eigenvalue weighted by molar-refractivity contribution is 7.88. The lowest BCUT2D eigenvalue weighted by atomic mass is 9.99. The molecule has 3 rings (SSSR count). The fourth-order valence-corrected chi connectivity index (χ4v) is 4.96. The normalized spacial score (nSPS) is 18.4. The van der Waals surface area contributed by atoms with E-state index in [-0.39, 0.29) is 11.7 Å². The van der Waals surface area contributed by atoms with Gasteiger partial charge in [-0.3, -0.25) is 0 Å². The molecule has 1 atom stereocenters. The van der Waals surface area contributed by atoms with Gasteiger partial charge in [0.15, 0.2) is 0 Å². The van der Waals surface area contributed by atoms with E-state index < -0.39 is 10.0 Å². The zero-order chi connectivity index (χ0) is 18.0. The molecule has 1 heterocycles. The van der Waals surface area contributed by atoms with Crippen molar-refractivity contribution in [2.45, 2.75) is 18.1 Å². The molecule has 0 amide bonds. The van der Waals surface area contributed by atoms with Crippen molar-refractivity contribution in [2.24, 2.45) is 0 Å². The van der Waals surface area contributed by atoms with Crippen LogP contribution in [0.25, 0.3) is 0 Å². The van der Waals surface area contributed by atoms with Gasteiger partial charge in [-0.1, -0.05) is 41.4 Å². The van der Waals surface area contributed by atoms with E-state index in [4.69, 9.17) is 27.9 Å². The average Bonchev–Trinajstić information content (AvgIpc) is 3.09. The van der Waals surface area contributed by atoms with Crippen molar-refractivity contribution < 1.29 is 13.2 Å². The van der Waals surface area contributed by atoms with Gasteiger partial charge >= 0.3 is 0 Å². The van der Waals surface area contributed by atoms with Crippen molar-refractivity contribution in [3.8, 4) is 5.75 Å². The Balaban J connectivity index is 1.70. The third-order valence-electron chi connectivity index (χ3n) is 4.46. The predicted octanol–water partition coefficient (Wildman–Crippen LogP) is 4.32. The molecule has 2 aromatic carbocycles. The van der Waals surface area contributed by atoms with Gasteiger partial charge < -0.3 is 4.74 Å². The molecule has 1 aliphatic rings. The molecule has 1 saturated heterocycles. The molecule has 0 bridgehead atoms. The molecule has 0 aromatic heterocycles. The zero-order valence-corrected chi connectivity index (χ0v) is 16.1. The third-order valence-corrected chi connectivity index (χ3v) is 7.02. The van der Waals surface area contributed by atoms with Crippen LogP contribution in [-0.4, -0.2) is 32.9 Å². The van der Waals surface area contributed by atoms with E-state index in [9.17, 15) is 8.42 Å². The molecule has 25 heavy (non-hydrogen) atoms. The number of hydrogen-bond acceptors (Lipinski definition) is 3. The van der Waals surface area contributed by atoms with E-state index in [1.54, 1.807) is 29.6 Å². The highest BCUT2D eigenvalue weighted by Crippen LogP contribution is 2.31. The Labute approximate surface area is 158 Å². The molecule has 0 saturated carbocycles. The van der Waals surface area contributed by atoms with Crippen molar-refractivity contribution in [3.63, 3.8) is 0 Å². The van der Waals surface area contributed by atoms with Crippen molar-refractivity contribution in [1.29, 1.82) is 0 Å². The summed E-state index contributed by atoms with van der Waals surface area (Å²) in [5, 5.41) is 0.787. The van der Waals surface area contributed by atoms with Gasteiger partial charge in [-0.05, 0) is 47.7 Å². The van der Waals surface area contributed by atoms with Gasteiger partial charge in [0.1, 0.15) is 5.75 Å². The minimum absolute atomic E-state index is 0.0702. The molecule has 134 valence electrons. The molecule has 0 radical (unpaired) electrons. The van der Waals surface area contributed by atoms with Crippen LogP contribution in [0, 0.1) is 0 Å². The lowest BCUT2D eigenvalue weighted by Crippen LogP contribution is -2.29. The van der Waals surface area contributed by atoms with Crippen LogP contribution >= 0.6 is 23.2 Å². The lowest BCUT2D eigenvalue weighted by Gasteiger charge is -2.17. The van der Waals surface area contributed by atoms with Crippen LogP contribution in [0.15, 0.2) is 42.5 Å². The van der Waals surface area contributed by atoms with E-state index >= 15 is 0 Å². The first-order chi connectivity index (χ1) is 11.9. The van der Waals surface area contributed by atoms with Crippen LogP contribution in [0.1, 0.15) is 23.5 Å². The first-order valence-corrected chi connectivity index (χ1v) is 10.3. The summed E-state index contributed by atoms with van der Waals surface area (Å²) < 4.78 is 32.1. The number of rotatable bonds is 5. The molecule has 7 heteroatoms. The predicted molar refractivity (Wildman–Crippen MR) is 101 cm³/mol. The maximum Gasteiger partial charge on any atom is 0.218 e. The molecule has 0 spiro atoms. The van der Waals surface area contributed by atoms with Gasteiger partial charge in [-0.25, -0.2) is 12.7 Å². The second-order valence-corrected chi connectivity index (χ2v) is 8.90. The quantitative estimate of drug-likeness (QED) is 0.751. The zero-order valence-electron chi connectivity index (χ0n) is 13.8. The van der Waals surface area contributed by atoms with E-state index in [2.05, 4.69) is 0 Å². The van der Waals surface area contributed by atoms with Crippen LogP contribution in [-0.2, 0) is 15.8 Å². The fourth-order valence-electron chi connectivity index (χ4n) is 3.06. The van der Waals surface area contributed by atoms with Crippen molar-refractivity contribution in [1.82, 2.24) is 4.31 Å². The molecule has 4 nitrogen and oxygen atoms in total. The van der Waals surface area contributed by atoms with Crippen LogP contribution < -0.4 is 4.74 Å². The largest absolute Gasteiger partial charge is 0.497 e. The number of sulfonamides is 1. The number of benzene rings is 2. The summed E-state index contributed by atoms with van der Waals surface area (Å²) in [6.45, 7) is 1.02. The lowest BCUT2D eigenvalue weighted by molar-refractivity contribution is 0.414. The molecule has 1 unspecified atom stereocenters. The molecule has 0 aliphatic carbocycles. The molecule has 1 aliphatic heterocycles. The Kier molecular flexibility index (Phi) is 5.58. The molecule has 0 N–H and O–H groups in total. The summed E-state index contributed by atoms with van der Waals surface area (Å²) in [5.74, 6) is 0.930. The van der Waals surface area contributed by atoms with Crippen molar-refractivity contribution in [3.05, 3.63) is 63.6 Å². The van der Waals surface area contributed by atoms with Crippen LogP contribution in [0.2, 0.25) is 10.0 Å². The molecular formula is C18H19Cl2NO3S. The Morgan fingerprint density at radius 1 is 1.12 bits per heavy atom. The monoisotopic (exact) mass is 399 g/mol. The fraction of sp³-hybridized carbons (Fsp3) is 0.333. The number of methoxy groups -OCH3 is 1. The summed E-state index contributed by atoms with van der Waals surface area (Å²) >= 11 is 11.9. The number of halogens is 2. The minimum Gasteiger partial charge on any atom is -0.497 e. The molecule has 2 aromatic rings. The molecule has 1 fully saturated rings. The average molecular weight is 400 g/mol. The molecular weight excluding hydrogens is 381 g/mol. The van der Waals surface area contributed by atoms with E-state index in [1.165, 1.54) is 0 Å². The summed E-state index contributed by atoms with van der Waals surface area (Å²) in [6, 6.07) is 12.7. The number of hydrogen-bond donors (Lipinski definition) is 0. The first kappa shape index (κ1) is 18.5. The van der Waals surface area contributed by atoms with Gasteiger partial charge in [0.05, 0.1) is 22.9 Å². The van der Waals surface area contributed by atoms with E-state index in [0.717, 1.165) is 17.7 Å². The van der Waals surface area contributed by atoms with Crippen LogP contribution in [0.3, 0.4) is 0 Å². The Bertz CT molecular complexity index is 853. The van der Waals surface area contributed by atoms with Gasteiger partial charge in [-0.15, -0.1) is 0 Å². The summed E-state index contributed by atoms with van der Waals surface area (Å²) in [6.07, 6.45) is 0.812. The summed E-state index contributed by atoms with van der Waals surface area (Å²) in [5.41, 5.74) is 1.77. The van der Waals surface area contributed by atoms with E-state index in [0.29, 0.717) is 28.7 Å². The Morgan fingerprint density at radius 3 is 2.48 bits per heavy atom. The van der Waals surface area contributed by atoms with Gasteiger partial charge in [0.2, 0.25) is 10.0 Å². The van der Waals surface area contributed by atoms with Gasteiger partial charge in [0, 0.05) is 13.1 Å². The topological polar surface area (TPSA) is 46.6 Å². The van der Waals surface area contributed by atoms with Crippen LogP contribution in [0.4, 0.5) is 0 Å². The second-order valence-electron chi connectivity index (χ2n) is 6.12. The second kappa shape index (κ2) is 7.54. The summed E-state index contributed by atoms with van der Waals surface area (Å²) in [4.78, 5) is 0. The smallest absolute Gasteiger partial charge is 0.218 e. The standard InChI is InChI=1S/C18H19Cl2NO3S/c1-24-16-5-3-14(4-6-16)15-8-9-21(11-15)25(22,23)12-13-2-7-17(19)18(20)10-13/h2-7,10,15H,8-9,11-12H2,1H3. The van der Waals surface area contributed by atoms with E-state index in [1.807, 2.05) is 24.3 Å². The SMILES string of the molecule is COc1ccc(C2CCN(S(=O)(=O)Cc3ccc(Cl)c(Cl)c3)C2)cc1. The third kappa shape index (κ3) is 4.29. The Hall–Kier alpha value is -1.27. The Morgan fingerprint density at radius 2 is 1.84 bits per heavy atom. The highest BCUT2D eigenvalue weighted by Gasteiger charge is 2.32. The highest BCUT2D eigenvalue weighted by atomic mass is 35.5. The summed E-state index contributed by atoms with van der Waals surface area (Å²) in [7, 11) is -1.76. The number of ether oxygens (including phenoxy) is 1. The maximum absolute atomic E-state index is 12.7. The van der Waals surface area contributed by atoms with Gasteiger partial charge in [-0.2, -0.15) is 0 Å². The first-order valence-electron chi connectivity index (χ1n) is 7.95.